The van der Waals surface area contributed by atoms with Crippen LogP contribution < -0.4 is 24.4 Å². The molecule has 1 unspecified atom stereocenters. The molecule has 0 N–H and O–H groups in total. The standard InChI is InChI=1S/C32H30N2O6S/c1-5-9-24-28(31(37)39-6-2)29(27-23-11-8-7-10-21(23)14-17-25(27)38-4)34-30(36)26(41-32(34)33-24)18-20-12-15-22(16-13-20)40-19(3)35/h7-8,10-18,29H,5-6,9H2,1-4H3/b26-18+. The van der Waals surface area contributed by atoms with Gasteiger partial charge in [0.1, 0.15) is 17.5 Å². The number of carbonyl (C=O) groups is 2. The van der Waals surface area contributed by atoms with E-state index in [-0.39, 0.29) is 12.2 Å². The fourth-order valence-electron chi connectivity index (χ4n) is 5.08. The van der Waals surface area contributed by atoms with E-state index in [2.05, 4.69) is 0 Å². The molecule has 9 heteroatoms. The zero-order chi connectivity index (χ0) is 29.1. The minimum Gasteiger partial charge on any atom is -0.496 e. The topological polar surface area (TPSA) is 96.2 Å². The third-order valence-corrected chi connectivity index (χ3v) is 7.74. The fraction of sp³-hybridized carbons (Fsp3) is 0.250. The van der Waals surface area contributed by atoms with Crippen molar-refractivity contribution in [2.75, 3.05) is 13.7 Å². The van der Waals surface area contributed by atoms with Crippen LogP contribution >= 0.6 is 11.3 Å². The normalized spacial score (nSPS) is 14.9. The Bertz CT molecular complexity index is 1850. The smallest absolute Gasteiger partial charge is 0.338 e. The van der Waals surface area contributed by atoms with Crippen LogP contribution in [0.3, 0.4) is 0 Å². The van der Waals surface area contributed by atoms with Crippen molar-refractivity contribution in [1.82, 2.24) is 4.57 Å². The Hall–Kier alpha value is -4.50. The zero-order valence-electron chi connectivity index (χ0n) is 23.3. The number of methoxy groups -OCH3 is 1. The molecule has 3 aromatic carbocycles. The van der Waals surface area contributed by atoms with Crippen molar-refractivity contribution < 1.29 is 23.8 Å². The second kappa shape index (κ2) is 11.9. The number of thiazole rings is 1. The summed E-state index contributed by atoms with van der Waals surface area (Å²) in [6, 6.07) is 17.7. The monoisotopic (exact) mass is 570 g/mol. The fourth-order valence-corrected chi connectivity index (χ4v) is 6.10. The van der Waals surface area contributed by atoms with Crippen LogP contribution in [-0.4, -0.2) is 30.2 Å². The molecule has 0 saturated heterocycles. The van der Waals surface area contributed by atoms with Gasteiger partial charge in [0.2, 0.25) is 0 Å². The molecule has 210 valence electrons. The van der Waals surface area contributed by atoms with Crippen molar-refractivity contribution >= 4 is 40.1 Å². The molecule has 0 spiro atoms. The molecule has 2 heterocycles. The molecule has 5 rings (SSSR count). The molecule has 1 aliphatic heterocycles. The van der Waals surface area contributed by atoms with Gasteiger partial charge in [-0.2, -0.15) is 0 Å². The number of rotatable bonds is 8. The molecule has 0 saturated carbocycles. The number of ether oxygens (including phenoxy) is 3. The summed E-state index contributed by atoms with van der Waals surface area (Å²) in [7, 11) is 1.58. The first-order valence-electron chi connectivity index (χ1n) is 13.4. The number of fused-ring (bicyclic) bond motifs is 2. The van der Waals surface area contributed by atoms with E-state index in [1.807, 2.05) is 43.3 Å². The molecular weight excluding hydrogens is 540 g/mol. The largest absolute Gasteiger partial charge is 0.496 e. The van der Waals surface area contributed by atoms with Crippen molar-refractivity contribution in [3.8, 4) is 11.5 Å². The van der Waals surface area contributed by atoms with Crippen molar-refractivity contribution in [2.24, 2.45) is 4.99 Å². The second-order valence-electron chi connectivity index (χ2n) is 9.48. The van der Waals surface area contributed by atoms with Crippen LogP contribution in [0.1, 0.15) is 50.8 Å². The first-order chi connectivity index (χ1) is 19.9. The lowest BCUT2D eigenvalue weighted by Crippen LogP contribution is -2.40. The Labute approximate surface area is 240 Å². The Morgan fingerprint density at radius 2 is 1.80 bits per heavy atom. The van der Waals surface area contributed by atoms with E-state index >= 15 is 0 Å². The first kappa shape index (κ1) is 28.0. The third-order valence-electron chi connectivity index (χ3n) is 6.76. The molecule has 1 aromatic heterocycles. The maximum atomic E-state index is 14.1. The van der Waals surface area contributed by atoms with Crippen molar-refractivity contribution in [1.29, 1.82) is 0 Å². The van der Waals surface area contributed by atoms with Crippen LogP contribution in [-0.2, 0) is 14.3 Å². The highest BCUT2D eigenvalue weighted by atomic mass is 32.1. The van der Waals surface area contributed by atoms with Crippen LogP contribution in [0.25, 0.3) is 16.8 Å². The molecular formula is C32H30N2O6S. The molecule has 0 bridgehead atoms. The number of esters is 2. The van der Waals surface area contributed by atoms with Crippen LogP contribution in [0.5, 0.6) is 11.5 Å². The SMILES string of the molecule is CCCC1=C(C(=O)OCC)C(c2c(OC)ccc3ccccc23)n2c(s/c(=C/c3ccc(OC(C)=O)cc3)c2=O)=N1. The molecule has 1 aliphatic rings. The predicted molar refractivity (Wildman–Crippen MR) is 158 cm³/mol. The average Bonchev–Trinajstić information content (AvgIpc) is 3.27. The van der Waals surface area contributed by atoms with Gasteiger partial charge in [-0.3, -0.25) is 14.2 Å². The highest BCUT2D eigenvalue weighted by molar-refractivity contribution is 7.07. The summed E-state index contributed by atoms with van der Waals surface area (Å²) < 4.78 is 18.5. The summed E-state index contributed by atoms with van der Waals surface area (Å²) in [5.74, 6) is 0.0663. The van der Waals surface area contributed by atoms with Gasteiger partial charge >= 0.3 is 11.9 Å². The quantitative estimate of drug-likeness (QED) is 0.226. The molecule has 41 heavy (non-hydrogen) atoms. The van der Waals surface area contributed by atoms with E-state index in [9.17, 15) is 14.4 Å². The van der Waals surface area contributed by atoms with E-state index in [4.69, 9.17) is 19.2 Å². The van der Waals surface area contributed by atoms with Crippen molar-refractivity contribution in [3.63, 3.8) is 0 Å². The maximum Gasteiger partial charge on any atom is 0.338 e. The van der Waals surface area contributed by atoms with Gasteiger partial charge in [0.25, 0.3) is 5.56 Å². The highest BCUT2D eigenvalue weighted by Crippen LogP contribution is 2.41. The molecule has 0 fully saturated rings. The van der Waals surface area contributed by atoms with Gasteiger partial charge in [0.15, 0.2) is 4.80 Å². The van der Waals surface area contributed by atoms with E-state index in [1.54, 1.807) is 48.9 Å². The molecule has 0 amide bonds. The van der Waals surface area contributed by atoms with Crippen LogP contribution in [0, 0.1) is 0 Å². The van der Waals surface area contributed by atoms with Crippen LogP contribution in [0.4, 0.5) is 0 Å². The zero-order valence-corrected chi connectivity index (χ0v) is 24.1. The Morgan fingerprint density at radius 1 is 1.05 bits per heavy atom. The number of carbonyl (C=O) groups excluding carboxylic acids is 2. The third kappa shape index (κ3) is 5.45. The second-order valence-corrected chi connectivity index (χ2v) is 10.5. The number of aromatic nitrogens is 1. The molecule has 8 nitrogen and oxygen atoms in total. The molecule has 0 aliphatic carbocycles. The molecule has 1 atom stereocenters. The van der Waals surface area contributed by atoms with Crippen LogP contribution in [0.2, 0.25) is 0 Å². The maximum absolute atomic E-state index is 14.1. The molecule has 0 radical (unpaired) electrons. The number of hydrogen-bond acceptors (Lipinski definition) is 8. The Balaban J connectivity index is 1.80. The minimum atomic E-state index is -0.804. The van der Waals surface area contributed by atoms with E-state index < -0.39 is 18.0 Å². The van der Waals surface area contributed by atoms with E-state index in [0.29, 0.717) is 44.1 Å². The summed E-state index contributed by atoms with van der Waals surface area (Å²) in [6.45, 7) is 5.31. The van der Waals surface area contributed by atoms with Crippen molar-refractivity contribution in [3.05, 3.63) is 103 Å². The Morgan fingerprint density at radius 3 is 2.49 bits per heavy atom. The lowest BCUT2D eigenvalue weighted by molar-refractivity contribution is -0.139. The van der Waals surface area contributed by atoms with E-state index in [1.165, 1.54) is 18.3 Å². The Kier molecular flexibility index (Phi) is 8.16. The number of benzene rings is 3. The van der Waals surface area contributed by atoms with E-state index in [0.717, 1.165) is 22.8 Å². The minimum absolute atomic E-state index is 0.189. The molecule has 4 aromatic rings. The lowest BCUT2D eigenvalue weighted by atomic mass is 9.90. The van der Waals surface area contributed by atoms with Gasteiger partial charge in [0.05, 0.1) is 29.5 Å². The average molecular weight is 571 g/mol. The van der Waals surface area contributed by atoms with Crippen LogP contribution in [0.15, 0.2) is 81.7 Å². The van der Waals surface area contributed by atoms with Gasteiger partial charge in [-0.1, -0.05) is 67.1 Å². The number of nitrogens with zero attached hydrogens (tertiary/aromatic N) is 2. The van der Waals surface area contributed by atoms with Gasteiger partial charge in [0, 0.05) is 12.5 Å². The predicted octanol–water partition coefficient (Wildman–Crippen LogP) is 4.67. The van der Waals surface area contributed by atoms with Gasteiger partial charge in [-0.25, -0.2) is 9.79 Å². The lowest BCUT2D eigenvalue weighted by Gasteiger charge is -2.28. The van der Waals surface area contributed by atoms with Crippen molar-refractivity contribution in [2.45, 2.75) is 39.7 Å². The summed E-state index contributed by atoms with van der Waals surface area (Å²) >= 11 is 1.26. The van der Waals surface area contributed by atoms with Gasteiger partial charge < -0.3 is 14.2 Å². The number of hydrogen-bond donors (Lipinski definition) is 0. The summed E-state index contributed by atoms with van der Waals surface area (Å²) in [5.41, 5.74) is 2.12. The summed E-state index contributed by atoms with van der Waals surface area (Å²) in [4.78, 5) is 44.3. The first-order valence-corrected chi connectivity index (χ1v) is 14.2. The van der Waals surface area contributed by atoms with Gasteiger partial charge in [-0.05, 0) is 54.0 Å². The summed E-state index contributed by atoms with van der Waals surface area (Å²) in [5, 5.41) is 1.82. The number of allylic oxidation sites excluding steroid dienone is 1. The summed E-state index contributed by atoms with van der Waals surface area (Å²) in [6.07, 6.45) is 3.07. The highest BCUT2D eigenvalue weighted by Gasteiger charge is 2.37. The van der Waals surface area contributed by atoms with Gasteiger partial charge in [-0.15, -0.1) is 0 Å².